The summed E-state index contributed by atoms with van der Waals surface area (Å²) in [4.78, 5) is 18.5. The lowest BCUT2D eigenvalue weighted by molar-refractivity contribution is -0.108. The van der Waals surface area contributed by atoms with Gasteiger partial charge in [-0.15, -0.1) is 0 Å². The zero-order valence-electron chi connectivity index (χ0n) is 7.11. The van der Waals surface area contributed by atoms with Crippen LogP contribution in [0.15, 0.2) is 12.3 Å². The van der Waals surface area contributed by atoms with E-state index in [0.717, 1.165) is 12.0 Å². The van der Waals surface area contributed by atoms with Gasteiger partial charge in [-0.25, -0.2) is 9.97 Å². The molecule has 0 aromatic carbocycles. The van der Waals surface area contributed by atoms with E-state index < -0.39 is 0 Å². The second-order valence-corrected chi connectivity index (χ2v) is 2.48. The van der Waals surface area contributed by atoms with Gasteiger partial charge in [-0.05, 0) is 6.07 Å². The lowest BCUT2D eigenvalue weighted by atomic mass is 10.1. The van der Waals surface area contributed by atoms with E-state index in [1.165, 1.54) is 0 Å². The third-order valence-electron chi connectivity index (χ3n) is 1.57. The van der Waals surface area contributed by atoms with E-state index in [9.17, 15) is 4.79 Å². The Hall–Kier alpha value is -1.45. The van der Waals surface area contributed by atoms with Gasteiger partial charge in [0, 0.05) is 13.2 Å². The van der Waals surface area contributed by atoms with Crippen molar-refractivity contribution < 1.29 is 4.79 Å². The number of aldehydes is 1. The SMILES string of the molecule is CNc1nccc(C(C)C=O)n1. The van der Waals surface area contributed by atoms with E-state index in [2.05, 4.69) is 15.3 Å². The topological polar surface area (TPSA) is 54.9 Å². The highest BCUT2D eigenvalue weighted by Crippen LogP contribution is 2.09. The minimum atomic E-state index is -0.167. The van der Waals surface area contributed by atoms with Crippen molar-refractivity contribution in [2.45, 2.75) is 12.8 Å². The lowest BCUT2D eigenvalue weighted by Gasteiger charge is -2.03. The zero-order valence-corrected chi connectivity index (χ0v) is 7.11. The number of aromatic nitrogens is 2. The first-order chi connectivity index (χ1) is 5.77. The van der Waals surface area contributed by atoms with Crippen molar-refractivity contribution in [2.75, 3.05) is 12.4 Å². The van der Waals surface area contributed by atoms with Gasteiger partial charge in [0.25, 0.3) is 0 Å². The fraction of sp³-hybridized carbons (Fsp3) is 0.375. The Morgan fingerprint density at radius 3 is 3.00 bits per heavy atom. The van der Waals surface area contributed by atoms with Crippen molar-refractivity contribution in [1.29, 1.82) is 0 Å². The number of nitrogens with one attached hydrogen (secondary N) is 1. The number of carbonyl (C=O) groups is 1. The third-order valence-corrected chi connectivity index (χ3v) is 1.57. The maximum Gasteiger partial charge on any atom is 0.222 e. The summed E-state index contributed by atoms with van der Waals surface area (Å²) >= 11 is 0. The van der Waals surface area contributed by atoms with Gasteiger partial charge in [0.05, 0.1) is 11.6 Å². The minimum Gasteiger partial charge on any atom is -0.357 e. The van der Waals surface area contributed by atoms with Crippen molar-refractivity contribution in [3.8, 4) is 0 Å². The number of hydrogen-bond acceptors (Lipinski definition) is 4. The molecule has 0 bridgehead atoms. The molecule has 4 nitrogen and oxygen atoms in total. The van der Waals surface area contributed by atoms with E-state index in [1.807, 2.05) is 0 Å². The summed E-state index contributed by atoms with van der Waals surface area (Å²) in [6, 6.07) is 1.74. The first-order valence-electron chi connectivity index (χ1n) is 3.74. The fourth-order valence-corrected chi connectivity index (χ4v) is 0.816. The zero-order chi connectivity index (χ0) is 8.97. The molecule has 0 aliphatic rings. The van der Waals surface area contributed by atoms with Crippen LogP contribution in [0.4, 0.5) is 5.95 Å². The molecule has 0 aliphatic heterocycles. The Labute approximate surface area is 71.0 Å². The Morgan fingerprint density at radius 1 is 1.67 bits per heavy atom. The number of carbonyl (C=O) groups excluding carboxylic acids is 1. The smallest absolute Gasteiger partial charge is 0.222 e. The standard InChI is InChI=1S/C8H11N3O/c1-6(5-12)7-3-4-10-8(9-2)11-7/h3-6H,1-2H3,(H,9,10,11). The molecule has 1 aromatic rings. The van der Waals surface area contributed by atoms with E-state index in [4.69, 9.17) is 0 Å². The average Bonchev–Trinajstić information content (AvgIpc) is 2.17. The largest absolute Gasteiger partial charge is 0.357 e. The predicted molar refractivity (Wildman–Crippen MR) is 46.1 cm³/mol. The monoisotopic (exact) mass is 165 g/mol. The predicted octanol–water partition coefficient (Wildman–Crippen LogP) is 0.821. The average molecular weight is 165 g/mol. The molecule has 0 saturated heterocycles. The normalized spacial score (nSPS) is 12.2. The molecule has 0 amide bonds. The molecule has 1 aromatic heterocycles. The van der Waals surface area contributed by atoms with Crippen LogP contribution in [0.25, 0.3) is 0 Å². The molecule has 4 heteroatoms. The van der Waals surface area contributed by atoms with Gasteiger partial charge in [0.15, 0.2) is 0 Å². The van der Waals surface area contributed by atoms with Gasteiger partial charge in [-0.3, -0.25) is 0 Å². The van der Waals surface area contributed by atoms with Crippen LogP contribution in [0.5, 0.6) is 0 Å². The van der Waals surface area contributed by atoms with Gasteiger partial charge in [0.2, 0.25) is 5.95 Å². The Morgan fingerprint density at radius 2 is 2.42 bits per heavy atom. The van der Waals surface area contributed by atoms with Crippen LogP contribution < -0.4 is 5.32 Å². The summed E-state index contributed by atoms with van der Waals surface area (Å²) in [7, 11) is 1.74. The summed E-state index contributed by atoms with van der Waals surface area (Å²) in [5.74, 6) is 0.376. The lowest BCUT2D eigenvalue weighted by Crippen LogP contribution is -2.02. The molecule has 12 heavy (non-hydrogen) atoms. The van der Waals surface area contributed by atoms with Crippen LogP contribution in [0, 0.1) is 0 Å². The Bertz CT molecular complexity index is 275. The minimum absolute atomic E-state index is 0.167. The van der Waals surface area contributed by atoms with Crippen LogP contribution in [0.2, 0.25) is 0 Å². The van der Waals surface area contributed by atoms with E-state index >= 15 is 0 Å². The van der Waals surface area contributed by atoms with Crippen molar-refractivity contribution in [3.05, 3.63) is 18.0 Å². The van der Waals surface area contributed by atoms with Gasteiger partial charge < -0.3 is 10.1 Å². The van der Waals surface area contributed by atoms with Crippen LogP contribution in [0.1, 0.15) is 18.5 Å². The molecule has 0 saturated carbocycles. The summed E-state index contributed by atoms with van der Waals surface area (Å²) < 4.78 is 0. The fourth-order valence-electron chi connectivity index (χ4n) is 0.816. The number of nitrogens with zero attached hydrogens (tertiary/aromatic N) is 2. The molecule has 1 N–H and O–H groups in total. The molecular weight excluding hydrogens is 154 g/mol. The first-order valence-corrected chi connectivity index (χ1v) is 3.74. The van der Waals surface area contributed by atoms with E-state index in [1.54, 1.807) is 26.2 Å². The van der Waals surface area contributed by atoms with Crippen LogP contribution in [-0.2, 0) is 4.79 Å². The van der Waals surface area contributed by atoms with Crippen LogP contribution in [-0.4, -0.2) is 23.3 Å². The summed E-state index contributed by atoms with van der Waals surface area (Å²) in [6.45, 7) is 1.80. The molecule has 0 spiro atoms. The van der Waals surface area contributed by atoms with E-state index in [-0.39, 0.29) is 5.92 Å². The summed E-state index contributed by atoms with van der Waals surface area (Å²) in [6.07, 6.45) is 2.50. The Balaban J connectivity index is 2.93. The highest BCUT2D eigenvalue weighted by atomic mass is 16.1. The first kappa shape index (κ1) is 8.64. The van der Waals surface area contributed by atoms with Crippen molar-refractivity contribution in [3.63, 3.8) is 0 Å². The molecular formula is C8H11N3O. The van der Waals surface area contributed by atoms with Gasteiger partial charge >= 0.3 is 0 Å². The Kier molecular flexibility index (Phi) is 2.74. The van der Waals surface area contributed by atoms with Gasteiger partial charge in [-0.2, -0.15) is 0 Å². The summed E-state index contributed by atoms with van der Waals surface area (Å²) in [5.41, 5.74) is 0.740. The van der Waals surface area contributed by atoms with Crippen LogP contribution >= 0.6 is 0 Å². The highest BCUT2D eigenvalue weighted by Gasteiger charge is 2.05. The number of anilines is 1. The van der Waals surface area contributed by atoms with Crippen molar-refractivity contribution in [2.24, 2.45) is 0 Å². The summed E-state index contributed by atoms with van der Waals surface area (Å²) in [5, 5.41) is 2.81. The maximum atomic E-state index is 10.4. The quantitative estimate of drug-likeness (QED) is 0.674. The van der Waals surface area contributed by atoms with Crippen molar-refractivity contribution >= 4 is 12.2 Å². The molecule has 1 unspecified atom stereocenters. The molecule has 0 radical (unpaired) electrons. The van der Waals surface area contributed by atoms with Gasteiger partial charge in [-0.1, -0.05) is 6.92 Å². The van der Waals surface area contributed by atoms with E-state index in [0.29, 0.717) is 5.95 Å². The maximum absolute atomic E-state index is 10.4. The number of rotatable bonds is 3. The second kappa shape index (κ2) is 3.80. The number of hydrogen-bond donors (Lipinski definition) is 1. The van der Waals surface area contributed by atoms with Gasteiger partial charge in [0.1, 0.15) is 6.29 Å². The van der Waals surface area contributed by atoms with Crippen molar-refractivity contribution in [1.82, 2.24) is 9.97 Å². The molecule has 1 rings (SSSR count). The molecule has 1 atom stereocenters. The molecule has 64 valence electrons. The molecule has 1 heterocycles. The second-order valence-electron chi connectivity index (χ2n) is 2.48. The van der Waals surface area contributed by atoms with Crippen LogP contribution in [0.3, 0.4) is 0 Å². The molecule has 0 fully saturated rings. The highest BCUT2D eigenvalue weighted by molar-refractivity contribution is 5.60. The molecule has 0 aliphatic carbocycles. The third kappa shape index (κ3) is 1.78.